The zero-order valence-corrected chi connectivity index (χ0v) is 18.9. The third-order valence-electron chi connectivity index (χ3n) is 5.27. The van der Waals surface area contributed by atoms with Gasteiger partial charge in [0.1, 0.15) is 17.2 Å². The standard InChI is InChI=1S/C25H33N3O3/c1-5-16-28(17-20(29)6-2)18-23-24(19-10-8-7-9-11-19)26-27(3)25(23)31-22-14-12-21(30-4)13-15-22/h7-15,20,29H,5-6,16-18H2,1-4H3/t20-/m1/s1. The lowest BCUT2D eigenvalue weighted by Gasteiger charge is -2.24. The van der Waals surface area contributed by atoms with E-state index in [1.165, 1.54) is 0 Å². The quantitative estimate of drug-likeness (QED) is 0.477. The summed E-state index contributed by atoms with van der Waals surface area (Å²) in [5.41, 5.74) is 2.96. The second-order valence-electron chi connectivity index (χ2n) is 7.70. The van der Waals surface area contributed by atoms with E-state index >= 15 is 0 Å². The van der Waals surface area contributed by atoms with Gasteiger partial charge >= 0.3 is 0 Å². The lowest BCUT2D eigenvalue weighted by Crippen LogP contribution is -2.32. The van der Waals surface area contributed by atoms with Crippen LogP contribution in [0.3, 0.4) is 0 Å². The highest BCUT2D eigenvalue weighted by Crippen LogP contribution is 2.34. The number of aliphatic hydroxyl groups excluding tert-OH is 1. The van der Waals surface area contributed by atoms with Gasteiger partial charge < -0.3 is 14.6 Å². The van der Waals surface area contributed by atoms with E-state index in [2.05, 4.69) is 24.0 Å². The van der Waals surface area contributed by atoms with E-state index < -0.39 is 0 Å². The van der Waals surface area contributed by atoms with Gasteiger partial charge in [-0.1, -0.05) is 44.2 Å². The Kier molecular flexibility index (Phi) is 8.09. The van der Waals surface area contributed by atoms with E-state index in [-0.39, 0.29) is 6.10 Å². The van der Waals surface area contributed by atoms with Crippen LogP contribution in [0.15, 0.2) is 54.6 Å². The molecule has 0 aliphatic rings. The molecule has 1 N–H and O–H groups in total. The molecule has 1 atom stereocenters. The monoisotopic (exact) mass is 423 g/mol. The summed E-state index contributed by atoms with van der Waals surface area (Å²) in [6.07, 6.45) is 1.38. The van der Waals surface area contributed by atoms with Crippen molar-refractivity contribution in [2.75, 3.05) is 20.2 Å². The average Bonchev–Trinajstić information content (AvgIpc) is 3.10. The van der Waals surface area contributed by atoms with E-state index in [4.69, 9.17) is 14.6 Å². The molecule has 1 heterocycles. The van der Waals surface area contributed by atoms with Crippen molar-refractivity contribution in [1.82, 2.24) is 14.7 Å². The van der Waals surface area contributed by atoms with E-state index in [9.17, 15) is 5.11 Å². The van der Waals surface area contributed by atoms with Crippen LogP contribution in [0.4, 0.5) is 0 Å². The van der Waals surface area contributed by atoms with Crippen LogP contribution >= 0.6 is 0 Å². The Balaban J connectivity index is 1.99. The van der Waals surface area contributed by atoms with Gasteiger partial charge in [0, 0.05) is 25.7 Å². The number of rotatable bonds is 11. The molecule has 6 heteroatoms. The smallest absolute Gasteiger partial charge is 0.222 e. The normalized spacial score (nSPS) is 12.2. The lowest BCUT2D eigenvalue weighted by atomic mass is 10.1. The molecule has 0 spiro atoms. The number of methoxy groups -OCH3 is 1. The van der Waals surface area contributed by atoms with Crippen LogP contribution in [0, 0.1) is 0 Å². The maximum Gasteiger partial charge on any atom is 0.222 e. The van der Waals surface area contributed by atoms with Crippen LogP contribution in [0.5, 0.6) is 17.4 Å². The third kappa shape index (κ3) is 5.87. The van der Waals surface area contributed by atoms with Crippen molar-refractivity contribution in [1.29, 1.82) is 0 Å². The fourth-order valence-corrected chi connectivity index (χ4v) is 3.61. The van der Waals surface area contributed by atoms with Gasteiger partial charge in [-0.25, -0.2) is 4.68 Å². The average molecular weight is 424 g/mol. The number of hydrogen-bond donors (Lipinski definition) is 1. The Morgan fingerprint density at radius 3 is 2.32 bits per heavy atom. The molecule has 0 aliphatic carbocycles. The molecule has 3 rings (SSSR count). The Morgan fingerprint density at radius 2 is 1.71 bits per heavy atom. The van der Waals surface area contributed by atoms with Crippen LogP contribution in [-0.2, 0) is 13.6 Å². The molecular formula is C25H33N3O3. The summed E-state index contributed by atoms with van der Waals surface area (Å²) in [5, 5.41) is 15.1. The van der Waals surface area contributed by atoms with E-state index in [1.54, 1.807) is 11.8 Å². The number of nitrogens with zero attached hydrogens (tertiary/aromatic N) is 3. The molecule has 3 aromatic rings. The number of hydrogen-bond acceptors (Lipinski definition) is 5. The summed E-state index contributed by atoms with van der Waals surface area (Å²) in [6, 6.07) is 17.7. The van der Waals surface area contributed by atoms with Gasteiger partial charge in [-0.05, 0) is 43.7 Å². The summed E-state index contributed by atoms with van der Waals surface area (Å²) in [4.78, 5) is 2.28. The zero-order chi connectivity index (χ0) is 22.2. The summed E-state index contributed by atoms with van der Waals surface area (Å²) >= 11 is 0. The summed E-state index contributed by atoms with van der Waals surface area (Å²) < 4.78 is 13.4. The number of benzene rings is 2. The van der Waals surface area contributed by atoms with Crippen molar-refractivity contribution in [3.8, 4) is 28.6 Å². The Hall–Kier alpha value is -2.83. The molecule has 2 aromatic carbocycles. The van der Waals surface area contributed by atoms with Crippen molar-refractivity contribution in [2.45, 2.75) is 39.3 Å². The first kappa shape index (κ1) is 22.8. The van der Waals surface area contributed by atoms with Gasteiger partial charge in [0.15, 0.2) is 0 Å². The van der Waals surface area contributed by atoms with Crippen molar-refractivity contribution >= 4 is 0 Å². The molecule has 31 heavy (non-hydrogen) atoms. The largest absolute Gasteiger partial charge is 0.497 e. The van der Waals surface area contributed by atoms with Gasteiger partial charge in [-0.15, -0.1) is 0 Å². The number of aliphatic hydroxyl groups is 1. The Bertz CT molecular complexity index is 939. The topological polar surface area (TPSA) is 59.8 Å². The van der Waals surface area contributed by atoms with Gasteiger partial charge in [-0.3, -0.25) is 4.90 Å². The molecule has 0 fully saturated rings. The molecule has 0 saturated heterocycles. The maximum atomic E-state index is 10.3. The summed E-state index contributed by atoms with van der Waals surface area (Å²) in [6.45, 7) is 6.32. The van der Waals surface area contributed by atoms with Crippen LogP contribution in [0.25, 0.3) is 11.3 Å². The fraction of sp³-hybridized carbons (Fsp3) is 0.400. The number of aromatic nitrogens is 2. The second-order valence-corrected chi connectivity index (χ2v) is 7.70. The van der Waals surface area contributed by atoms with Crippen LogP contribution < -0.4 is 9.47 Å². The highest BCUT2D eigenvalue weighted by atomic mass is 16.5. The van der Waals surface area contributed by atoms with Crippen molar-refractivity contribution in [3.05, 3.63) is 60.2 Å². The molecule has 166 valence electrons. The highest BCUT2D eigenvalue weighted by Gasteiger charge is 2.23. The Morgan fingerprint density at radius 1 is 1.03 bits per heavy atom. The summed E-state index contributed by atoms with van der Waals surface area (Å²) in [5.74, 6) is 2.21. The van der Waals surface area contributed by atoms with Gasteiger partial charge in [0.2, 0.25) is 5.88 Å². The van der Waals surface area contributed by atoms with Crippen LogP contribution in [0.1, 0.15) is 32.3 Å². The molecule has 0 unspecified atom stereocenters. The van der Waals surface area contributed by atoms with E-state index in [1.807, 2.05) is 56.4 Å². The SMILES string of the molecule is CCCN(Cc1c(-c2ccccc2)nn(C)c1Oc1ccc(OC)cc1)C[C@H](O)CC. The molecular weight excluding hydrogens is 390 g/mol. The lowest BCUT2D eigenvalue weighted by molar-refractivity contribution is 0.105. The first-order valence-corrected chi connectivity index (χ1v) is 10.9. The van der Waals surface area contributed by atoms with Crippen LogP contribution in [0.2, 0.25) is 0 Å². The predicted molar refractivity (Wildman–Crippen MR) is 124 cm³/mol. The molecule has 1 aromatic heterocycles. The molecule has 0 amide bonds. The number of aryl methyl sites for hydroxylation is 1. The first-order chi connectivity index (χ1) is 15.0. The van der Waals surface area contributed by atoms with E-state index in [0.717, 1.165) is 47.7 Å². The minimum Gasteiger partial charge on any atom is -0.497 e. The first-order valence-electron chi connectivity index (χ1n) is 10.9. The Labute approximate surface area is 185 Å². The zero-order valence-electron chi connectivity index (χ0n) is 18.9. The van der Waals surface area contributed by atoms with Crippen molar-refractivity contribution in [3.63, 3.8) is 0 Å². The molecule has 0 bridgehead atoms. The maximum absolute atomic E-state index is 10.3. The second kappa shape index (κ2) is 11.0. The molecule has 0 saturated carbocycles. The van der Waals surface area contributed by atoms with Gasteiger partial charge in [-0.2, -0.15) is 5.10 Å². The highest BCUT2D eigenvalue weighted by molar-refractivity contribution is 5.65. The fourth-order valence-electron chi connectivity index (χ4n) is 3.61. The van der Waals surface area contributed by atoms with Gasteiger partial charge in [0.05, 0.1) is 18.8 Å². The van der Waals surface area contributed by atoms with Gasteiger partial charge in [0.25, 0.3) is 0 Å². The summed E-state index contributed by atoms with van der Waals surface area (Å²) in [7, 11) is 3.55. The van der Waals surface area contributed by atoms with Crippen LogP contribution in [-0.4, -0.2) is 46.1 Å². The minimum atomic E-state index is -0.352. The minimum absolute atomic E-state index is 0.352. The number of ether oxygens (including phenoxy) is 2. The molecule has 0 radical (unpaired) electrons. The predicted octanol–water partition coefficient (Wildman–Crippen LogP) is 4.87. The van der Waals surface area contributed by atoms with Crippen molar-refractivity contribution < 1.29 is 14.6 Å². The van der Waals surface area contributed by atoms with E-state index in [0.29, 0.717) is 19.0 Å². The molecule has 6 nitrogen and oxygen atoms in total. The molecule has 0 aliphatic heterocycles. The third-order valence-corrected chi connectivity index (χ3v) is 5.27. The van der Waals surface area contributed by atoms with Crippen molar-refractivity contribution in [2.24, 2.45) is 7.05 Å².